The SMILES string of the molecule is CCCCC1CCC(C(=O)N2CCc3cc(OC)c(OC)cc3C2COc2cccc(C(F)(F)F)c2)CC1. The molecule has 2 aliphatic rings. The van der Waals surface area contributed by atoms with Gasteiger partial charge in [0.05, 0.1) is 25.8 Å². The summed E-state index contributed by atoms with van der Waals surface area (Å²) in [5.74, 6) is 2.03. The number of hydrogen-bond donors (Lipinski definition) is 0. The second-order valence-corrected chi connectivity index (χ2v) is 10.4. The summed E-state index contributed by atoms with van der Waals surface area (Å²) in [4.78, 5) is 15.7. The van der Waals surface area contributed by atoms with Crippen molar-refractivity contribution >= 4 is 5.91 Å². The summed E-state index contributed by atoms with van der Waals surface area (Å²) < 4.78 is 56.7. The van der Waals surface area contributed by atoms with Crippen molar-refractivity contribution in [1.29, 1.82) is 0 Å². The average molecular weight is 534 g/mol. The molecule has 1 fully saturated rings. The van der Waals surface area contributed by atoms with E-state index in [1.165, 1.54) is 31.4 Å². The zero-order valence-electron chi connectivity index (χ0n) is 22.5. The van der Waals surface area contributed by atoms with E-state index in [0.29, 0.717) is 30.4 Å². The molecule has 4 rings (SSSR count). The van der Waals surface area contributed by atoms with E-state index in [2.05, 4.69) is 6.92 Å². The van der Waals surface area contributed by atoms with Crippen LogP contribution in [0, 0.1) is 11.8 Å². The molecule has 2 aromatic rings. The molecule has 2 aromatic carbocycles. The molecule has 0 N–H and O–H groups in total. The lowest BCUT2D eigenvalue weighted by Crippen LogP contribution is -2.46. The van der Waals surface area contributed by atoms with Gasteiger partial charge in [-0.3, -0.25) is 4.79 Å². The fraction of sp³-hybridized carbons (Fsp3) is 0.567. The molecule has 0 bridgehead atoms. The molecular weight excluding hydrogens is 495 g/mol. The largest absolute Gasteiger partial charge is 0.493 e. The number of alkyl halides is 3. The van der Waals surface area contributed by atoms with Gasteiger partial charge in [-0.05, 0) is 79.5 Å². The number of halogens is 3. The minimum absolute atomic E-state index is 0.0365. The standard InChI is InChI=1S/C30H38F3NO4/c1-4-5-7-20-10-12-21(13-11-20)29(35)34-15-14-22-16-27(36-2)28(37-3)18-25(22)26(34)19-38-24-9-6-8-23(17-24)30(31,32)33/h6,8-9,16-18,20-21,26H,4-5,7,10-15,19H2,1-3H3. The number of hydrogen-bond acceptors (Lipinski definition) is 4. The van der Waals surface area contributed by atoms with E-state index >= 15 is 0 Å². The van der Waals surface area contributed by atoms with Crippen LogP contribution in [-0.4, -0.2) is 38.2 Å². The second kappa shape index (κ2) is 12.3. The number of nitrogens with zero attached hydrogens (tertiary/aromatic N) is 1. The summed E-state index contributed by atoms with van der Waals surface area (Å²) >= 11 is 0. The Hall–Kier alpha value is -2.90. The first-order valence-electron chi connectivity index (χ1n) is 13.6. The number of carbonyl (C=O) groups excluding carboxylic acids is 1. The van der Waals surface area contributed by atoms with Crippen molar-refractivity contribution in [3.8, 4) is 17.2 Å². The molecule has 0 saturated heterocycles. The van der Waals surface area contributed by atoms with Crippen LogP contribution in [0.2, 0.25) is 0 Å². The second-order valence-electron chi connectivity index (χ2n) is 10.4. The van der Waals surface area contributed by atoms with Crippen LogP contribution in [0.4, 0.5) is 13.2 Å². The van der Waals surface area contributed by atoms with Crippen molar-refractivity contribution in [2.24, 2.45) is 11.8 Å². The Morgan fingerprint density at radius 1 is 1.03 bits per heavy atom. The number of carbonyl (C=O) groups is 1. The topological polar surface area (TPSA) is 48.0 Å². The van der Waals surface area contributed by atoms with Gasteiger partial charge < -0.3 is 19.1 Å². The molecule has 1 amide bonds. The van der Waals surface area contributed by atoms with Crippen molar-refractivity contribution < 1.29 is 32.2 Å². The molecule has 1 aliphatic heterocycles. The van der Waals surface area contributed by atoms with Crippen molar-refractivity contribution in [3.05, 3.63) is 53.1 Å². The smallest absolute Gasteiger partial charge is 0.416 e. The lowest BCUT2D eigenvalue weighted by Gasteiger charge is -2.40. The van der Waals surface area contributed by atoms with Crippen molar-refractivity contribution in [2.75, 3.05) is 27.4 Å². The third kappa shape index (κ3) is 6.38. The highest BCUT2D eigenvalue weighted by Gasteiger charge is 2.37. The molecule has 1 unspecified atom stereocenters. The maximum absolute atomic E-state index is 13.8. The molecule has 0 spiro atoms. The van der Waals surface area contributed by atoms with Crippen LogP contribution in [0.15, 0.2) is 36.4 Å². The van der Waals surface area contributed by atoms with Crippen LogP contribution in [0.3, 0.4) is 0 Å². The Labute approximate surface area is 223 Å². The number of rotatable bonds is 9. The van der Waals surface area contributed by atoms with E-state index in [4.69, 9.17) is 14.2 Å². The van der Waals surface area contributed by atoms with E-state index in [1.54, 1.807) is 14.2 Å². The van der Waals surface area contributed by atoms with Crippen molar-refractivity contribution in [3.63, 3.8) is 0 Å². The molecule has 0 aromatic heterocycles. The van der Waals surface area contributed by atoms with Gasteiger partial charge in [0, 0.05) is 12.5 Å². The highest BCUT2D eigenvalue weighted by atomic mass is 19.4. The molecule has 38 heavy (non-hydrogen) atoms. The Bertz CT molecular complexity index is 1100. The van der Waals surface area contributed by atoms with E-state index in [9.17, 15) is 18.0 Å². The number of amides is 1. The van der Waals surface area contributed by atoms with Gasteiger partial charge in [0.25, 0.3) is 0 Å². The summed E-state index contributed by atoms with van der Waals surface area (Å²) in [6.45, 7) is 2.77. The molecule has 1 atom stereocenters. The van der Waals surface area contributed by atoms with Gasteiger partial charge >= 0.3 is 6.18 Å². The average Bonchev–Trinajstić information content (AvgIpc) is 2.93. The first kappa shape index (κ1) is 28.1. The molecule has 0 radical (unpaired) electrons. The Balaban J connectivity index is 1.58. The van der Waals surface area contributed by atoms with Gasteiger partial charge in [0.15, 0.2) is 11.5 Å². The van der Waals surface area contributed by atoms with Crippen LogP contribution >= 0.6 is 0 Å². The zero-order valence-corrected chi connectivity index (χ0v) is 22.5. The summed E-state index contributed by atoms with van der Waals surface area (Å²) in [6, 6.07) is 8.22. The van der Waals surface area contributed by atoms with E-state index < -0.39 is 17.8 Å². The quantitative estimate of drug-likeness (QED) is 0.341. The fourth-order valence-electron chi connectivity index (χ4n) is 5.83. The first-order valence-corrected chi connectivity index (χ1v) is 13.6. The Kier molecular flexibility index (Phi) is 9.11. The van der Waals surface area contributed by atoms with Crippen LogP contribution in [0.1, 0.15) is 74.6 Å². The van der Waals surface area contributed by atoms with Gasteiger partial charge in [-0.2, -0.15) is 13.2 Å². The van der Waals surface area contributed by atoms with Gasteiger partial charge in [0.2, 0.25) is 5.91 Å². The predicted molar refractivity (Wildman–Crippen MR) is 140 cm³/mol. The number of ether oxygens (including phenoxy) is 3. The third-order valence-electron chi connectivity index (χ3n) is 8.02. The zero-order chi connectivity index (χ0) is 27.3. The highest BCUT2D eigenvalue weighted by Crippen LogP contribution is 2.41. The van der Waals surface area contributed by atoms with E-state index in [0.717, 1.165) is 48.9 Å². The Morgan fingerprint density at radius 2 is 1.74 bits per heavy atom. The lowest BCUT2D eigenvalue weighted by atomic mass is 9.78. The van der Waals surface area contributed by atoms with Crippen LogP contribution < -0.4 is 14.2 Å². The summed E-state index contributed by atoms with van der Waals surface area (Å²) in [5, 5.41) is 0. The maximum atomic E-state index is 13.8. The number of methoxy groups -OCH3 is 2. The maximum Gasteiger partial charge on any atom is 0.416 e. The normalized spacial score (nSPS) is 21.5. The van der Waals surface area contributed by atoms with Gasteiger partial charge in [0.1, 0.15) is 12.4 Å². The molecule has 1 heterocycles. The third-order valence-corrected chi connectivity index (χ3v) is 8.02. The molecular formula is C30H38F3NO4. The van der Waals surface area contributed by atoms with Crippen molar-refractivity contribution in [1.82, 2.24) is 4.90 Å². The fourth-order valence-corrected chi connectivity index (χ4v) is 5.83. The number of benzene rings is 2. The van der Waals surface area contributed by atoms with Crippen LogP contribution in [-0.2, 0) is 17.4 Å². The molecule has 1 aliphatic carbocycles. The predicted octanol–water partition coefficient (Wildman–Crippen LogP) is 7.22. The van der Waals surface area contributed by atoms with Crippen LogP contribution in [0.25, 0.3) is 0 Å². The van der Waals surface area contributed by atoms with E-state index in [1.807, 2.05) is 17.0 Å². The van der Waals surface area contributed by atoms with Gasteiger partial charge in [-0.1, -0.05) is 32.3 Å². The summed E-state index contributed by atoms with van der Waals surface area (Å²) in [5.41, 5.74) is 1.14. The number of fused-ring (bicyclic) bond motifs is 1. The van der Waals surface area contributed by atoms with Crippen LogP contribution in [0.5, 0.6) is 17.2 Å². The minimum Gasteiger partial charge on any atom is -0.493 e. The Morgan fingerprint density at radius 3 is 2.39 bits per heavy atom. The lowest BCUT2D eigenvalue weighted by molar-refractivity contribution is -0.140. The van der Waals surface area contributed by atoms with Crippen molar-refractivity contribution in [2.45, 2.75) is 70.5 Å². The van der Waals surface area contributed by atoms with E-state index in [-0.39, 0.29) is 24.2 Å². The minimum atomic E-state index is -4.46. The first-order chi connectivity index (χ1) is 18.2. The molecule has 5 nitrogen and oxygen atoms in total. The summed E-state index contributed by atoms with van der Waals surface area (Å²) in [7, 11) is 3.13. The molecule has 8 heteroatoms. The highest BCUT2D eigenvalue weighted by molar-refractivity contribution is 5.80. The number of unbranched alkanes of at least 4 members (excludes halogenated alkanes) is 1. The molecule has 208 valence electrons. The molecule has 1 saturated carbocycles. The van der Waals surface area contributed by atoms with Gasteiger partial charge in [-0.25, -0.2) is 0 Å². The van der Waals surface area contributed by atoms with Gasteiger partial charge in [-0.15, -0.1) is 0 Å². The summed E-state index contributed by atoms with van der Waals surface area (Å²) in [6.07, 6.45) is 3.73. The monoisotopic (exact) mass is 533 g/mol.